The number of hydrogen-bond acceptors (Lipinski definition) is 4. The average molecular weight is 335 g/mol. The van der Waals surface area contributed by atoms with E-state index in [0.29, 0.717) is 18.9 Å². The van der Waals surface area contributed by atoms with Gasteiger partial charge in [-0.1, -0.05) is 60.7 Å². The molecule has 1 heterocycles. The van der Waals surface area contributed by atoms with Crippen LogP contribution in [0.2, 0.25) is 0 Å². The van der Waals surface area contributed by atoms with Gasteiger partial charge < -0.3 is 15.5 Å². The molecule has 1 aromatic heterocycles. The third kappa shape index (κ3) is 4.78. The first-order valence-electron chi connectivity index (χ1n) is 8.29. The van der Waals surface area contributed by atoms with Gasteiger partial charge in [0.15, 0.2) is 5.69 Å². The van der Waals surface area contributed by atoms with E-state index in [9.17, 15) is 4.79 Å². The maximum atomic E-state index is 12.2. The van der Waals surface area contributed by atoms with Crippen LogP contribution >= 0.6 is 0 Å². The Labute approximate surface area is 146 Å². The largest absolute Gasteiger partial charge is 0.446 e. The number of nitrogens with zero attached hydrogens (tertiary/aromatic N) is 1. The van der Waals surface area contributed by atoms with E-state index in [1.54, 1.807) is 0 Å². The Kier molecular flexibility index (Phi) is 5.59. The van der Waals surface area contributed by atoms with Gasteiger partial charge in [0.25, 0.3) is 5.91 Å². The van der Waals surface area contributed by atoms with E-state index < -0.39 is 0 Å². The van der Waals surface area contributed by atoms with E-state index in [-0.39, 0.29) is 17.6 Å². The maximum absolute atomic E-state index is 12.2. The smallest absolute Gasteiger partial charge is 0.273 e. The van der Waals surface area contributed by atoms with Crippen molar-refractivity contribution < 1.29 is 9.21 Å². The lowest BCUT2D eigenvalue weighted by molar-refractivity contribution is 0.0949. The first kappa shape index (κ1) is 16.9. The van der Waals surface area contributed by atoms with Gasteiger partial charge >= 0.3 is 0 Å². The van der Waals surface area contributed by atoms with Crippen LogP contribution in [0.4, 0.5) is 0 Å². The predicted octanol–water partition coefficient (Wildman–Crippen LogP) is 2.89. The van der Waals surface area contributed by atoms with E-state index in [0.717, 1.165) is 12.0 Å². The molecule has 3 aromatic rings. The summed E-state index contributed by atoms with van der Waals surface area (Å²) in [6.07, 6.45) is 2.74. The fourth-order valence-corrected chi connectivity index (χ4v) is 2.57. The van der Waals surface area contributed by atoms with Crippen LogP contribution < -0.4 is 11.1 Å². The minimum absolute atomic E-state index is 0.252. The molecule has 0 saturated carbocycles. The molecule has 2 aromatic carbocycles. The second kappa shape index (κ2) is 8.26. The minimum atomic E-state index is -0.381. The van der Waals surface area contributed by atoms with Gasteiger partial charge in [-0.3, -0.25) is 4.79 Å². The molecule has 1 atom stereocenters. The second-order valence-electron chi connectivity index (χ2n) is 5.86. The summed E-state index contributed by atoms with van der Waals surface area (Å²) in [7, 11) is 0. The van der Waals surface area contributed by atoms with Crippen molar-refractivity contribution in [3.63, 3.8) is 0 Å². The van der Waals surface area contributed by atoms with Crippen LogP contribution in [-0.2, 0) is 12.8 Å². The Balaban J connectivity index is 1.52. The highest BCUT2D eigenvalue weighted by molar-refractivity contribution is 5.91. The van der Waals surface area contributed by atoms with Crippen molar-refractivity contribution >= 4 is 5.91 Å². The van der Waals surface area contributed by atoms with Gasteiger partial charge in [-0.25, -0.2) is 4.98 Å². The summed E-state index contributed by atoms with van der Waals surface area (Å²) >= 11 is 0. The monoisotopic (exact) mass is 335 g/mol. The summed E-state index contributed by atoms with van der Waals surface area (Å²) in [4.78, 5) is 16.4. The number of benzene rings is 2. The van der Waals surface area contributed by atoms with E-state index >= 15 is 0 Å². The molecule has 5 heteroatoms. The van der Waals surface area contributed by atoms with Crippen LogP contribution in [0.25, 0.3) is 0 Å². The van der Waals surface area contributed by atoms with Crippen LogP contribution in [0, 0.1) is 0 Å². The number of nitrogens with two attached hydrogens (primary N) is 1. The molecule has 1 amide bonds. The molecule has 0 radical (unpaired) electrons. The van der Waals surface area contributed by atoms with Gasteiger partial charge in [0.2, 0.25) is 5.89 Å². The Hall–Kier alpha value is -2.92. The van der Waals surface area contributed by atoms with Crippen molar-refractivity contribution in [2.45, 2.75) is 18.9 Å². The molecule has 25 heavy (non-hydrogen) atoms. The number of amides is 1. The van der Waals surface area contributed by atoms with Gasteiger partial charge in [-0.15, -0.1) is 0 Å². The maximum Gasteiger partial charge on any atom is 0.273 e. The summed E-state index contributed by atoms with van der Waals surface area (Å²) < 4.78 is 5.39. The average Bonchev–Trinajstić information content (AvgIpc) is 3.14. The van der Waals surface area contributed by atoms with Crippen molar-refractivity contribution in [1.29, 1.82) is 0 Å². The van der Waals surface area contributed by atoms with Crippen molar-refractivity contribution in [3.8, 4) is 0 Å². The zero-order chi connectivity index (χ0) is 17.5. The number of nitrogens with one attached hydrogen (secondary N) is 1. The molecule has 0 fully saturated rings. The summed E-state index contributed by atoms with van der Waals surface area (Å²) in [5.41, 5.74) is 8.66. The van der Waals surface area contributed by atoms with Gasteiger partial charge in [0.05, 0.1) is 6.04 Å². The molecule has 1 unspecified atom stereocenters. The Morgan fingerprint density at radius 1 is 1.04 bits per heavy atom. The first-order chi connectivity index (χ1) is 12.2. The van der Waals surface area contributed by atoms with E-state index in [1.807, 2.05) is 60.7 Å². The number of carbonyl (C=O) groups is 1. The van der Waals surface area contributed by atoms with E-state index in [4.69, 9.17) is 10.2 Å². The lowest BCUT2D eigenvalue weighted by atomic mass is 10.1. The zero-order valence-corrected chi connectivity index (χ0v) is 13.9. The number of oxazole rings is 1. The highest BCUT2D eigenvalue weighted by Gasteiger charge is 2.17. The molecular weight excluding hydrogens is 314 g/mol. The number of carbonyl (C=O) groups excluding carboxylic acids is 1. The second-order valence-corrected chi connectivity index (χ2v) is 5.86. The van der Waals surface area contributed by atoms with Gasteiger partial charge in [0, 0.05) is 6.54 Å². The topological polar surface area (TPSA) is 81.1 Å². The number of aromatic nitrogens is 1. The summed E-state index contributed by atoms with van der Waals surface area (Å²) in [6.45, 7) is 0.543. The van der Waals surface area contributed by atoms with E-state index in [1.165, 1.54) is 11.8 Å². The first-order valence-corrected chi connectivity index (χ1v) is 8.29. The highest BCUT2D eigenvalue weighted by atomic mass is 16.3. The third-order valence-electron chi connectivity index (χ3n) is 3.91. The van der Waals surface area contributed by atoms with Crippen LogP contribution in [0.15, 0.2) is 71.3 Å². The Morgan fingerprint density at radius 3 is 2.36 bits per heavy atom. The van der Waals surface area contributed by atoms with Gasteiger partial charge in [0.1, 0.15) is 6.26 Å². The Bertz CT molecular complexity index is 800. The van der Waals surface area contributed by atoms with Crippen LogP contribution in [0.5, 0.6) is 0 Å². The van der Waals surface area contributed by atoms with Crippen LogP contribution in [-0.4, -0.2) is 17.4 Å². The fraction of sp³-hybridized carbons (Fsp3) is 0.200. The number of hydrogen-bond donors (Lipinski definition) is 2. The molecule has 0 aliphatic carbocycles. The highest BCUT2D eigenvalue weighted by Crippen LogP contribution is 2.15. The SMILES string of the molecule is NC(Cc1ccccc1)c1nc(C(=O)NCCc2ccccc2)co1. The van der Waals surface area contributed by atoms with Crippen molar-refractivity contribution in [1.82, 2.24) is 10.3 Å². The lowest BCUT2D eigenvalue weighted by Gasteiger charge is -2.07. The van der Waals surface area contributed by atoms with Gasteiger partial charge in [-0.2, -0.15) is 0 Å². The third-order valence-corrected chi connectivity index (χ3v) is 3.91. The lowest BCUT2D eigenvalue weighted by Crippen LogP contribution is -2.26. The van der Waals surface area contributed by atoms with Crippen molar-refractivity contribution in [2.75, 3.05) is 6.54 Å². The fourth-order valence-electron chi connectivity index (χ4n) is 2.57. The molecule has 128 valence electrons. The normalized spacial score (nSPS) is 11.9. The van der Waals surface area contributed by atoms with Crippen LogP contribution in [0.1, 0.15) is 33.5 Å². The van der Waals surface area contributed by atoms with Crippen molar-refractivity contribution in [3.05, 3.63) is 89.6 Å². The molecule has 3 rings (SSSR count). The minimum Gasteiger partial charge on any atom is -0.446 e. The van der Waals surface area contributed by atoms with E-state index in [2.05, 4.69) is 10.3 Å². The predicted molar refractivity (Wildman–Crippen MR) is 96.1 cm³/mol. The summed E-state index contributed by atoms with van der Waals surface area (Å²) in [5.74, 6) is 0.120. The Morgan fingerprint density at radius 2 is 1.68 bits per heavy atom. The quantitative estimate of drug-likeness (QED) is 0.695. The zero-order valence-electron chi connectivity index (χ0n) is 13.9. The molecule has 0 aliphatic heterocycles. The summed E-state index contributed by atoms with van der Waals surface area (Å²) in [5, 5.41) is 2.85. The molecular formula is C20H21N3O2. The van der Waals surface area contributed by atoms with Gasteiger partial charge in [-0.05, 0) is 24.0 Å². The molecule has 0 bridgehead atoms. The summed E-state index contributed by atoms with van der Waals surface area (Å²) in [6, 6.07) is 19.5. The molecule has 0 saturated heterocycles. The number of rotatable bonds is 7. The standard InChI is InChI=1S/C20H21N3O2/c21-17(13-16-9-5-2-6-10-16)20-23-18(14-25-20)19(24)22-12-11-15-7-3-1-4-8-15/h1-10,14,17H,11-13,21H2,(H,22,24). The molecule has 0 aliphatic rings. The molecule has 0 spiro atoms. The molecule has 3 N–H and O–H groups in total. The molecule has 5 nitrogen and oxygen atoms in total. The van der Waals surface area contributed by atoms with Crippen molar-refractivity contribution in [2.24, 2.45) is 5.73 Å². The van der Waals surface area contributed by atoms with Crippen LogP contribution in [0.3, 0.4) is 0 Å².